The minimum atomic E-state index is -2.02. The second-order valence-corrected chi connectivity index (χ2v) is 14.2. The Labute approximate surface area is 178 Å². The standard InChI is InChI=1S/C24H40O4Si/c1-10-26-23(25)19(4)16-21(27-17-20-14-12-11-13-15-20)22(18(2)3)28-29(8,9)24(5,6)7/h11-15,18,21-22H,4,10,16-17H2,1-3,5-9H3/t21-,22+/m1/s1. The fraction of sp³-hybridized carbons (Fsp3) is 0.625. The average Bonchev–Trinajstić information content (AvgIpc) is 2.63. The summed E-state index contributed by atoms with van der Waals surface area (Å²) >= 11 is 0. The molecule has 0 aliphatic rings. The summed E-state index contributed by atoms with van der Waals surface area (Å²) in [6, 6.07) is 10.1. The average molecular weight is 421 g/mol. The van der Waals surface area contributed by atoms with Gasteiger partial charge in [0, 0.05) is 12.0 Å². The van der Waals surface area contributed by atoms with Gasteiger partial charge in [0.2, 0.25) is 0 Å². The molecule has 0 amide bonds. The van der Waals surface area contributed by atoms with E-state index in [4.69, 9.17) is 13.9 Å². The van der Waals surface area contributed by atoms with Crippen molar-refractivity contribution in [3.63, 3.8) is 0 Å². The molecule has 0 saturated heterocycles. The van der Waals surface area contributed by atoms with Gasteiger partial charge in [-0.3, -0.25) is 0 Å². The third-order valence-electron chi connectivity index (χ3n) is 5.58. The van der Waals surface area contributed by atoms with Gasteiger partial charge in [0.05, 0.1) is 25.4 Å². The smallest absolute Gasteiger partial charge is 0.333 e. The van der Waals surface area contributed by atoms with Crippen LogP contribution in [0.5, 0.6) is 0 Å². The Kier molecular flexibility index (Phi) is 9.79. The largest absolute Gasteiger partial charge is 0.463 e. The molecule has 0 spiro atoms. The van der Waals surface area contributed by atoms with Crippen LogP contribution < -0.4 is 0 Å². The summed E-state index contributed by atoms with van der Waals surface area (Å²) in [5, 5.41) is 0.0856. The van der Waals surface area contributed by atoms with E-state index in [0.29, 0.717) is 25.2 Å². The van der Waals surface area contributed by atoms with Crippen LogP contribution in [0.1, 0.15) is 53.5 Å². The van der Waals surface area contributed by atoms with Crippen molar-refractivity contribution in [2.45, 2.75) is 84.9 Å². The molecule has 0 radical (unpaired) electrons. The van der Waals surface area contributed by atoms with Crippen molar-refractivity contribution in [2.24, 2.45) is 5.92 Å². The van der Waals surface area contributed by atoms with E-state index >= 15 is 0 Å². The maximum atomic E-state index is 12.2. The highest BCUT2D eigenvalue weighted by molar-refractivity contribution is 6.74. The van der Waals surface area contributed by atoms with Crippen LogP contribution in [0.4, 0.5) is 0 Å². The molecule has 29 heavy (non-hydrogen) atoms. The molecule has 164 valence electrons. The quantitative estimate of drug-likeness (QED) is 0.245. The van der Waals surface area contributed by atoms with Crippen LogP contribution in [0.3, 0.4) is 0 Å². The van der Waals surface area contributed by atoms with E-state index in [-0.39, 0.29) is 29.1 Å². The lowest BCUT2D eigenvalue weighted by molar-refractivity contribution is -0.139. The number of rotatable bonds is 11. The van der Waals surface area contributed by atoms with E-state index in [1.54, 1.807) is 6.92 Å². The summed E-state index contributed by atoms with van der Waals surface area (Å²) in [5.41, 5.74) is 1.52. The second kappa shape index (κ2) is 11.1. The summed E-state index contributed by atoms with van der Waals surface area (Å²) < 4.78 is 18.2. The molecule has 0 saturated carbocycles. The number of hydrogen-bond acceptors (Lipinski definition) is 4. The Morgan fingerprint density at radius 1 is 1.14 bits per heavy atom. The first-order valence-electron chi connectivity index (χ1n) is 10.6. The predicted octanol–water partition coefficient (Wildman–Crippen LogP) is 6.13. The number of carbonyl (C=O) groups excluding carboxylic acids is 1. The van der Waals surface area contributed by atoms with Gasteiger partial charge in [-0.1, -0.05) is 71.5 Å². The Bertz CT molecular complexity index is 647. The van der Waals surface area contributed by atoms with Gasteiger partial charge in [-0.05, 0) is 36.5 Å². The number of esters is 1. The van der Waals surface area contributed by atoms with Gasteiger partial charge in [0.25, 0.3) is 0 Å². The number of carbonyl (C=O) groups is 1. The molecule has 0 aliphatic heterocycles. The summed E-state index contributed by atoms with van der Waals surface area (Å²) in [5.74, 6) is -0.129. The van der Waals surface area contributed by atoms with Gasteiger partial charge < -0.3 is 13.9 Å². The van der Waals surface area contributed by atoms with Gasteiger partial charge in [-0.15, -0.1) is 0 Å². The molecular formula is C24H40O4Si. The van der Waals surface area contributed by atoms with Crippen LogP contribution in [0.15, 0.2) is 42.5 Å². The maximum absolute atomic E-state index is 12.2. The second-order valence-electron chi connectivity index (χ2n) is 9.45. The molecule has 1 rings (SSSR count). The molecule has 0 bridgehead atoms. The molecule has 0 aliphatic carbocycles. The third-order valence-corrected chi connectivity index (χ3v) is 10.1. The Morgan fingerprint density at radius 2 is 1.72 bits per heavy atom. The highest BCUT2D eigenvalue weighted by atomic mass is 28.4. The minimum absolute atomic E-state index is 0.0856. The SMILES string of the molecule is C=C(C[C@@H](OCc1ccccc1)[C@@H](O[Si](C)(C)C(C)(C)C)C(C)C)C(=O)OCC. The number of hydrogen-bond donors (Lipinski definition) is 0. The molecule has 0 unspecified atom stereocenters. The van der Waals surface area contributed by atoms with E-state index < -0.39 is 8.32 Å². The number of benzene rings is 1. The normalized spacial score (nSPS) is 14.5. The molecule has 0 heterocycles. The van der Waals surface area contributed by atoms with Crippen molar-refractivity contribution < 1.29 is 18.7 Å². The first-order valence-corrected chi connectivity index (χ1v) is 13.5. The van der Waals surface area contributed by atoms with Crippen molar-refractivity contribution in [3.05, 3.63) is 48.0 Å². The van der Waals surface area contributed by atoms with Crippen LogP contribution in [-0.2, 0) is 25.3 Å². The topological polar surface area (TPSA) is 44.8 Å². The molecule has 0 aromatic heterocycles. The lowest BCUT2D eigenvalue weighted by Crippen LogP contribution is -2.49. The fourth-order valence-corrected chi connectivity index (χ4v) is 4.22. The Balaban J connectivity index is 3.08. The van der Waals surface area contributed by atoms with E-state index in [0.717, 1.165) is 5.56 Å². The van der Waals surface area contributed by atoms with Crippen LogP contribution >= 0.6 is 0 Å². The summed E-state index contributed by atoms with van der Waals surface area (Å²) in [4.78, 5) is 12.2. The van der Waals surface area contributed by atoms with E-state index in [9.17, 15) is 4.79 Å². The molecule has 0 fully saturated rings. The molecule has 4 nitrogen and oxygen atoms in total. The van der Waals surface area contributed by atoms with Crippen LogP contribution in [0, 0.1) is 5.92 Å². The highest BCUT2D eigenvalue weighted by Crippen LogP contribution is 2.39. The minimum Gasteiger partial charge on any atom is -0.463 e. The molecule has 1 aromatic rings. The monoisotopic (exact) mass is 420 g/mol. The highest BCUT2D eigenvalue weighted by Gasteiger charge is 2.42. The van der Waals surface area contributed by atoms with Crippen LogP contribution in [-0.4, -0.2) is 33.1 Å². The van der Waals surface area contributed by atoms with Gasteiger partial charge >= 0.3 is 5.97 Å². The summed E-state index contributed by atoms with van der Waals surface area (Å²) in [7, 11) is -2.02. The first kappa shape index (κ1) is 25.6. The van der Waals surface area contributed by atoms with Gasteiger partial charge in [0.1, 0.15) is 0 Å². The van der Waals surface area contributed by atoms with Crippen LogP contribution in [0.25, 0.3) is 0 Å². The summed E-state index contributed by atoms with van der Waals surface area (Å²) in [6.07, 6.45) is -0.0182. The van der Waals surface area contributed by atoms with Gasteiger partial charge in [0.15, 0.2) is 8.32 Å². The van der Waals surface area contributed by atoms with Gasteiger partial charge in [-0.2, -0.15) is 0 Å². The molecule has 2 atom stereocenters. The Hall–Kier alpha value is -1.43. The molecule has 0 N–H and O–H groups in total. The lowest BCUT2D eigenvalue weighted by Gasteiger charge is -2.43. The maximum Gasteiger partial charge on any atom is 0.333 e. The number of ether oxygens (including phenoxy) is 2. The van der Waals surface area contributed by atoms with Crippen molar-refractivity contribution in [3.8, 4) is 0 Å². The molecule has 1 aromatic carbocycles. The van der Waals surface area contributed by atoms with Crippen molar-refractivity contribution in [1.29, 1.82) is 0 Å². The van der Waals surface area contributed by atoms with Crippen molar-refractivity contribution >= 4 is 14.3 Å². The van der Waals surface area contributed by atoms with Gasteiger partial charge in [-0.25, -0.2) is 4.79 Å². The third kappa shape index (κ3) is 8.07. The Morgan fingerprint density at radius 3 is 2.21 bits per heavy atom. The predicted molar refractivity (Wildman–Crippen MR) is 122 cm³/mol. The van der Waals surface area contributed by atoms with Crippen molar-refractivity contribution in [1.82, 2.24) is 0 Å². The molecular weight excluding hydrogens is 380 g/mol. The van der Waals surface area contributed by atoms with Crippen molar-refractivity contribution in [2.75, 3.05) is 6.61 Å². The molecule has 5 heteroatoms. The van der Waals surface area contributed by atoms with E-state index in [1.807, 2.05) is 30.3 Å². The first-order chi connectivity index (χ1) is 13.4. The zero-order valence-corrected chi connectivity index (χ0v) is 20.6. The zero-order valence-electron chi connectivity index (χ0n) is 19.6. The van der Waals surface area contributed by atoms with E-state index in [1.165, 1.54) is 0 Å². The lowest BCUT2D eigenvalue weighted by atomic mass is 9.96. The zero-order chi connectivity index (χ0) is 22.2. The fourth-order valence-electron chi connectivity index (χ4n) is 2.77. The summed E-state index contributed by atoms with van der Waals surface area (Å²) in [6.45, 7) is 22.0. The van der Waals surface area contributed by atoms with Crippen LogP contribution in [0.2, 0.25) is 18.1 Å². The van der Waals surface area contributed by atoms with E-state index in [2.05, 4.69) is 54.3 Å².